The maximum atomic E-state index is 13.2. The molecule has 0 radical (unpaired) electrons. The van der Waals surface area contributed by atoms with Crippen LogP contribution in [0, 0.1) is 5.92 Å². The van der Waals surface area contributed by atoms with E-state index >= 15 is 0 Å². The summed E-state index contributed by atoms with van der Waals surface area (Å²) >= 11 is 0. The zero-order chi connectivity index (χ0) is 16.2. The lowest BCUT2D eigenvalue weighted by atomic mass is 9.89. The summed E-state index contributed by atoms with van der Waals surface area (Å²) in [6.45, 7) is 0. The minimum absolute atomic E-state index is 0.190. The van der Waals surface area contributed by atoms with Crippen molar-refractivity contribution in [3.63, 3.8) is 0 Å². The van der Waals surface area contributed by atoms with Crippen molar-refractivity contribution in [2.24, 2.45) is 5.92 Å². The van der Waals surface area contributed by atoms with Crippen LogP contribution in [0.2, 0.25) is 0 Å². The van der Waals surface area contributed by atoms with E-state index in [0.717, 1.165) is 11.8 Å². The molecule has 6 heteroatoms. The average Bonchev–Trinajstić information content (AvgIpc) is 3.13. The van der Waals surface area contributed by atoms with E-state index < -0.39 is 28.0 Å². The van der Waals surface area contributed by atoms with E-state index in [0.29, 0.717) is 18.2 Å². The van der Waals surface area contributed by atoms with Gasteiger partial charge in [-0.25, -0.2) is 8.42 Å². The quantitative estimate of drug-likeness (QED) is 0.937. The lowest BCUT2D eigenvalue weighted by molar-refractivity contribution is -0.142. The number of hydrogen-bond acceptors (Lipinski definition) is 3. The van der Waals surface area contributed by atoms with Crippen LogP contribution in [0.15, 0.2) is 47.4 Å². The summed E-state index contributed by atoms with van der Waals surface area (Å²) in [6.07, 6.45) is 1.80. The van der Waals surface area contributed by atoms with Crippen LogP contribution in [0.3, 0.4) is 0 Å². The van der Waals surface area contributed by atoms with Crippen LogP contribution in [0.1, 0.15) is 19.3 Å². The number of carbonyl (C=O) groups is 1. The van der Waals surface area contributed by atoms with Crippen molar-refractivity contribution in [1.82, 2.24) is 4.31 Å². The predicted octanol–water partition coefficient (Wildman–Crippen LogP) is 2.47. The van der Waals surface area contributed by atoms with E-state index in [4.69, 9.17) is 0 Å². The molecule has 2 bridgehead atoms. The van der Waals surface area contributed by atoms with Crippen molar-refractivity contribution in [3.8, 4) is 0 Å². The molecule has 23 heavy (non-hydrogen) atoms. The topological polar surface area (TPSA) is 74.7 Å². The van der Waals surface area contributed by atoms with Gasteiger partial charge in [0.1, 0.15) is 0 Å². The first-order valence-electron chi connectivity index (χ1n) is 7.74. The smallest absolute Gasteiger partial charge is 0.308 e. The van der Waals surface area contributed by atoms with Gasteiger partial charge in [-0.1, -0.05) is 36.4 Å². The molecule has 0 spiro atoms. The number of hydrogen-bond donors (Lipinski definition) is 1. The predicted molar refractivity (Wildman–Crippen MR) is 85.5 cm³/mol. The molecule has 2 aromatic carbocycles. The maximum absolute atomic E-state index is 13.2. The first-order chi connectivity index (χ1) is 11.0. The second-order valence-corrected chi connectivity index (χ2v) is 8.10. The summed E-state index contributed by atoms with van der Waals surface area (Å²) in [7, 11) is -3.70. The zero-order valence-corrected chi connectivity index (χ0v) is 13.2. The monoisotopic (exact) mass is 331 g/mol. The van der Waals surface area contributed by atoms with E-state index in [2.05, 4.69) is 0 Å². The Morgan fingerprint density at radius 2 is 1.83 bits per heavy atom. The number of carboxylic acid groups (broad SMARTS) is 1. The third-order valence-electron chi connectivity index (χ3n) is 5.10. The highest BCUT2D eigenvalue weighted by atomic mass is 32.2. The molecule has 4 rings (SSSR count). The second-order valence-electron chi connectivity index (χ2n) is 6.29. The van der Waals surface area contributed by atoms with Crippen molar-refractivity contribution in [1.29, 1.82) is 0 Å². The maximum Gasteiger partial charge on any atom is 0.308 e. The minimum atomic E-state index is -3.70. The Morgan fingerprint density at radius 3 is 2.57 bits per heavy atom. The molecular formula is C17H17NO4S. The first-order valence-corrected chi connectivity index (χ1v) is 9.18. The Morgan fingerprint density at radius 1 is 1.09 bits per heavy atom. The number of sulfonamides is 1. The van der Waals surface area contributed by atoms with Crippen molar-refractivity contribution < 1.29 is 18.3 Å². The van der Waals surface area contributed by atoms with Crippen molar-refractivity contribution in [2.75, 3.05) is 0 Å². The number of benzene rings is 2. The molecule has 2 aromatic rings. The van der Waals surface area contributed by atoms with Crippen LogP contribution < -0.4 is 0 Å². The SMILES string of the molecule is O=C(O)C1CC2CCC1N2S(=O)(=O)c1cccc2ccccc12. The molecule has 2 fully saturated rings. The lowest BCUT2D eigenvalue weighted by Gasteiger charge is -2.23. The summed E-state index contributed by atoms with van der Waals surface area (Å²) < 4.78 is 27.9. The van der Waals surface area contributed by atoms with E-state index in [1.165, 1.54) is 4.31 Å². The van der Waals surface area contributed by atoms with Crippen LogP contribution in [-0.4, -0.2) is 35.9 Å². The Labute approximate surface area is 134 Å². The molecule has 1 N–H and O–H groups in total. The standard InChI is InChI=1S/C17H17NO4S/c19-17(20)14-10-12-8-9-15(14)18(12)23(21,22)16-7-3-5-11-4-1-2-6-13(11)16/h1-7,12,14-15H,8-10H2,(H,19,20). The Bertz CT molecular complexity index is 887. The van der Waals surface area contributed by atoms with Crippen LogP contribution in [0.25, 0.3) is 10.8 Å². The van der Waals surface area contributed by atoms with E-state index in [1.54, 1.807) is 18.2 Å². The lowest BCUT2D eigenvalue weighted by Crippen LogP contribution is -2.37. The Balaban J connectivity index is 1.84. The van der Waals surface area contributed by atoms with Gasteiger partial charge in [-0.15, -0.1) is 0 Å². The van der Waals surface area contributed by atoms with Gasteiger partial charge >= 0.3 is 5.97 Å². The molecule has 0 aliphatic carbocycles. The van der Waals surface area contributed by atoms with Gasteiger partial charge < -0.3 is 5.11 Å². The van der Waals surface area contributed by atoms with E-state index in [1.807, 2.05) is 24.3 Å². The van der Waals surface area contributed by atoms with Gasteiger partial charge in [-0.3, -0.25) is 4.79 Å². The molecule has 2 saturated heterocycles. The molecule has 0 aromatic heterocycles. The van der Waals surface area contributed by atoms with Gasteiger partial charge in [0, 0.05) is 17.5 Å². The third-order valence-corrected chi connectivity index (χ3v) is 7.13. The molecule has 3 atom stereocenters. The number of fused-ring (bicyclic) bond motifs is 3. The highest BCUT2D eigenvalue weighted by molar-refractivity contribution is 7.89. The molecule has 0 saturated carbocycles. The fourth-order valence-corrected chi connectivity index (χ4v) is 6.25. The van der Waals surface area contributed by atoms with E-state index in [9.17, 15) is 18.3 Å². The number of aliphatic carboxylic acids is 1. The molecule has 0 amide bonds. The normalized spacial score (nSPS) is 27.6. The van der Waals surface area contributed by atoms with Gasteiger partial charge in [0.05, 0.1) is 10.8 Å². The highest BCUT2D eigenvalue weighted by Crippen LogP contribution is 2.45. The van der Waals surface area contributed by atoms with Crippen LogP contribution in [0.4, 0.5) is 0 Å². The summed E-state index contributed by atoms with van der Waals surface area (Å²) in [5.41, 5.74) is 0. The molecule has 2 aliphatic heterocycles. The van der Waals surface area contributed by atoms with Gasteiger partial charge in [-0.2, -0.15) is 4.31 Å². The van der Waals surface area contributed by atoms with Crippen molar-refractivity contribution in [3.05, 3.63) is 42.5 Å². The van der Waals surface area contributed by atoms with E-state index in [-0.39, 0.29) is 10.9 Å². The van der Waals surface area contributed by atoms with Gasteiger partial charge in [0.15, 0.2) is 0 Å². The third kappa shape index (κ3) is 2.09. The van der Waals surface area contributed by atoms with Gasteiger partial charge in [0.25, 0.3) is 0 Å². The molecule has 3 unspecified atom stereocenters. The molecule has 2 aliphatic rings. The molecule has 120 valence electrons. The van der Waals surface area contributed by atoms with Crippen LogP contribution in [0.5, 0.6) is 0 Å². The van der Waals surface area contributed by atoms with Crippen molar-refractivity contribution in [2.45, 2.75) is 36.2 Å². The largest absolute Gasteiger partial charge is 0.481 e. The van der Waals surface area contributed by atoms with Crippen LogP contribution in [-0.2, 0) is 14.8 Å². The summed E-state index contributed by atoms with van der Waals surface area (Å²) in [6, 6.07) is 12.0. The molecule has 5 nitrogen and oxygen atoms in total. The summed E-state index contributed by atoms with van der Waals surface area (Å²) in [5, 5.41) is 10.9. The minimum Gasteiger partial charge on any atom is -0.481 e. The number of carboxylic acids is 1. The molecular weight excluding hydrogens is 314 g/mol. The van der Waals surface area contributed by atoms with Gasteiger partial charge in [-0.05, 0) is 30.7 Å². The first kappa shape index (κ1) is 14.7. The van der Waals surface area contributed by atoms with Crippen LogP contribution >= 0.6 is 0 Å². The van der Waals surface area contributed by atoms with Gasteiger partial charge in [0.2, 0.25) is 10.0 Å². The number of rotatable bonds is 3. The fraction of sp³-hybridized carbons (Fsp3) is 0.353. The summed E-state index contributed by atoms with van der Waals surface area (Å²) in [5.74, 6) is -1.48. The highest BCUT2D eigenvalue weighted by Gasteiger charge is 2.54. The number of nitrogens with zero attached hydrogens (tertiary/aromatic N) is 1. The van der Waals surface area contributed by atoms with Crippen molar-refractivity contribution >= 4 is 26.8 Å². The Hall–Kier alpha value is -1.92. The zero-order valence-electron chi connectivity index (χ0n) is 12.4. The second kappa shape index (κ2) is 5.04. The summed E-state index contributed by atoms with van der Waals surface area (Å²) in [4.78, 5) is 11.7. The fourth-order valence-electron chi connectivity index (χ4n) is 4.11. The molecule has 2 heterocycles. The Kier molecular flexibility index (Phi) is 3.21. The average molecular weight is 331 g/mol.